The Morgan fingerprint density at radius 3 is 2.05 bits per heavy atom. The molecule has 9 heteroatoms. The number of ketones is 1. The molecule has 22 heavy (non-hydrogen) atoms. The Hall–Kier alpha value is -1.51. The van der Waals surface area contributed by atoms with Gasteiger partial charge in [-0.1, -0.05) is 0 Å². The minimum absolute atomic E-state index is 0.00306. The monoisotopic (exact) mass is 334 g/mol. The molecule has 5 nitrogen and oxygen atoms in total. The van der Waals surface area contributed by atoms with Gasteiger partial charge in [-0.15, -0.1) is 0 Å². The third kappa shape index (κ3) is 2.51. The van der Waals surface area contributed by atoms with Gasteiger partial charge in [0.2, 0.25) is 5.82 Å². The molecule has 1 aromatic rings. The molecule has 0 N–H and O–H groups in total. The molecule has 120 valence electrons. The molecule has 0 spiro atoms. The van der Waals surface area contributed by atoms with Gasteiger partial charge in [-0.2, -0.15) is 13.2 Å². The van der Waals surface area contributed by atoms with Crippen LogP contribution in [0.4, 0.5) is 13.2 Å². The standard InChI is InChI=1S/C13H13F3N2O3S/c14-13(15,16)12-17-5-8(6-18-12)11(19)7-3-9-1-2-10(4-7)22(9,20)21/h5-7,9-10H,1-4H2. The lowest BCUT2D eigenvalue weighted by molar-refractivity contribution is -0.145. The van der Waals surface area contributed by atoms with Crippen molar-refractivity contribution in [2.24, 2.45) is 5.92 Å². The summed E-state index contributed by atoms with van der Waals surface area (Å²) >= 11 is 0. The van der Waals surface area contributed by atoms with E-state index < -0.39 is 38.3 Å². The number of hydrogen-bond acceptors (Lipinski definition) is 5. The van der Waals surface area contributed by atoms with Crippen LogP contribution in [0.25, 0.3) is 0 Å². The van der Waals surface area contributed by atoms with Gasteiger partial charge in [-0.05, 0) is 25.7 Å². The highest BCUT2D eigenvalue weighted by Crippen LogP contribution is 2.42. The molecule has 2 aliphatic heterocycles. The van der Waals surface area contributed by atoms with E-state index in [0.29, 0.717) is 12.8 Å². The Kier molecular flexibility index (Phi) is 3.50. The Labute approximate surface area is 124 Å². The Balaban J connectivity index is 1.78. The summed E-state index contributed by atoms with van der Waals surface area (Å²) in [6.07, 6.45) is -1.34. The first-order valence-corrected chi connectivity index (χ1v) is 8.46. The molecule has 2 unspecified atom stereocenters. The lowest BCUT2D eigenvalue weighted by atomic mass is 9.91. The van der Waals surface area contributed by atoms with Crippen LogP contribution in [0, 0.1) is 5.92 Å². The first-order valence-electron chi connectivity index (χ1n) is 6.85. The van der Waals surface area contributed by atoms with Gasteiger partial charge in [-0.25, -0.2) is 18.4 Å². The van der Waals surface area contributed by atoms with E-state index in [9.17, 15) is 26.4 Å². The molecule has 2 atom stereocenters. The molecule has 0 aliphatic carbocycles. The predicted octanol–water partition coefficient (Wildman–Crippen LogP) is 2.03. The van der Waals surface area contributed by atoms with Crippen molar-refractivity contribution < 1.29 is 26.4 Å². The zero-order valence-electron chi connectivity index (χ0n) is 11.4. The Morgan fingerprint density at radius 1 is 1.09 bits per heavy atom. The second-order valence-electron chi connectivity index (χ2n) is 5.74. The number of rotatable bonds is 2. The minimum Gasteiger partial charge on any atom is -0.294 e. The van der Waals surface area contributed by atoms with Crippen molar-refractivity contribution in [2.75, 3.05) is 0 Å². The molecule has 2 fully saturated rings. The number of Topliss-reactive ketones (excluding diaryl/α,β-unsaturated/α-hetero) is 1. The van der Waals surface area contributed by atoms with Crippen LogP contribution in [-0.4, -0.2) is 34.7 Å². The van der Waals surface area contributed by atoms with E-state index in [0.717, 1.165) is 12.4 Å². The average molecular weight is 334 g/mol. The van der Waals surface area contributed by atoms with Gasteiger partial charge in [0.1, 0.15) is 0 Å². The molecule has 2 aliphatic rings. The molecule has 2 bridgehead atoms. The fourth-order valence-corrected chi connectivity index (χ4v) is 5.73. The average Bonchev–Trinajstić information content (AvgIpc) is 2.66. The maximum absolute atomic E-state index is 12.4. The van der Waals surface area contributed by atoms with Gasteiger partial charge in [0.05, 0.1) is 16.1 Å². The molecule has 0 saturated carbocycles. The molecule has 0 aromatic carbocycles. The number of aromatic nitrogens is 2. The lowest BCUT2D eigenvalue weighted by Crippen LogP contribution is -2.36. The topological polar surface area (TPSA) is 77.0 Å². The second-order valence-corrected chi connectivity index (χ2v) is 8.25. The maximum Gasteiger partial charge on any atom is 0.451 e. The van der Waals surface area contributed by atoms with Gasteiger partial charge >= 0.3 is 6.18 Å². The fraction of sp³-hybridized carbons (Fsp3) is 0.615. The summed E-state index contributed by atoms with van der Waals surface area (Å²) in [5.41, 5.74) is -0.00306. The minimum atomic E-state index is -4.65. The third-order valence-electron chi connectivity index (χ3n) is 4.40. The van der Waals surface area contributed by atoms with Crippen LogP contribution in [0.5, 0.6) is 0 Å². The quantitative estimate of drug-likeness (QED) is 0.774. The van der Waals surface area contributed by atoms with Crippen molar-refractivity contribution in [3.8, 4) is 0 Å². The van der Waals surface area contributed by atoms with Crippen LogP contribution in [0.3, 0.4) is 0 Å². The van der Waals surface area contributed by atoms with E-state index in [2.05, 4.69) is 9.97 Å². The lowest BCUT2D eigenvalue weighted by Gasteiger charge is -2.26. The number of nitrogens with zero attached hydrogens (tertiary/aromatic N) is 2. The number of alkyl halides is 3. The SMILES string of the molecule is O=C(c1cnc(C(F)(F)F)nc1)C1CC2CCC(C1)S2(=O)=O. The van der Waals surface area contributed by atoms with Crippen molar-refractivity contribution in [3.63, 3.8) is 0 Å². The van der Waals surface area contributed by atoms with E-state index in [1.54, 1.807) is 0 Å². The highest BCUT2D eigenvalue weighted by Gasteiger charge is 2.48. The highest BCUT2D eigenvalue weighted by molar-refractivity contribution is 7.93. The van der Waals surface area contributed by atoms with Gasteiger partial charge < -0.3 is 0 Å². The first kappa shape index (κ1) is 15.4. The molecular formula is C13H13F3N2O3S. The largest absolute Gasteiger partial charge is 0.451 e. The highest BCUT2D eigenvalue weighted by atomic mass is 32.2. The van der Waals surface area contributed by atoms with Crippen LogP contribution < -0.4 is 0 Å². The molecule has 3 heterocycles. The number of carbonyl (C=O) groups excluding carboxylic acids is 1. The Bertz CT molecular complexity index is 680. The van der Waals surface area contributed by atoms with Gasteiger partial charge in [0, 0.05) is 18.3 Å². The van der Waals surface area contributed by atoms with Gasteiger partial charge in [0.15, 0.2) is 15.6 Å². The smallest absolute Gasteiger partial charge is 0.294 e. The van der Waals surface area contributed by atoms with E-state index in [1.807, 2.05) is 0 Å². The fourth-order valence-electron chi connectivity index (χ4n) is 3.26. The van der Waals surface area contributed by atoms with Crippen molar-refractivity contribution in [1.82, 2.24) is 9.97 Å². The first-order chi connectivity index (χ1) is 10.2. The van der Waals surface area contributed by atoms with E-state index in [1.165, 1.54) is 0 Å². The van der Waals surface area contributed by atoms with Gasteiger partial charge in [0.25, 0.3) is 0 Å². The molecule has 1 aromatic heterocycles. The van der Waals surface area contributed by atoms with Crippen LogP contribution in [0.2, 0.25) is 0 Å². The van der Waals surface area contributed by atoms with Crippen molar-refractivity contribution in [1.29, 1.82) is 0 Å². The summed E-state index contributed by atoms with van der Waals surface area (Å²) < 4.78 is 61.1. The van der Waals surface area contributed by atoms with E-state index >= 15 is 0 Å². The summed E-state index contributed by atoms with van der Waals surface area (Å²) in [6.45, 7) is 0. The van der Waals surface area contributed by atoms with Crippen LogP contribution in [0.1, 0.15) is 41.9 Å². The summed E-state index contributed by atoms with van der Waals surface area (Å²) in [7, 11) is -3.14. The zero-order valence-corrected chi connectivity index (χ0v) is 12.2. The van der Waals surface area contributed by atoms with E-state index in [4.69, 9.17) is 0 Å². The summed E-state index contributed by atoms with van der Waals surface area (Å²) in [4.78, 5) is 18.7. The zero-order chi connectivity index (χ0) is 16.1. The normalized spacial score (nSPS) is 30.2. The summed E-state index contributed by atoms with van der Waals surface area (Å²) in [6, 6.07) is 0. The predicted molar refractivity (Wildman–Crippen MR) is 69.8 cm³/mol. The molecule has 2 saturated heterocycles. The number of fused-ring (bicyclic) bond motifs is 2. The molecule has 3 rings (SSSR count). The maximum atomic E-state index is 12.4. The summed E-state index contributed by atoms with van der Waals surface area (Å²) in [5, 5.41) is -1.01. The number of carbonyl (C=O) groups is 1. The van der Waals surface area contributed by atoms with E-state index in [-0.39, 0.29) is 24.2 Å². The summed E-state index contributed by atoms with van der Waals surface area (Å²) in [5.74, 6) is -2.16. The Morgan fingerprint density at radius 2 is 1.59 bits per heavy atom. The third-order valence-corrected chi connectivity index (χ3v) is 7.11. The number of hydrogen-bond donors (Lipinski definition) is 0. The van der Waals surface area contributed by atoms with Crippen molar-refractivity contribution >= 4 is 15.6 Å². The second kappa shape index (κ2) is 5.00. The van der Waals surface area contributed by atoms with Crippen LogP contribution >= 0.6 is 0 Å². The van der Waals surface area contributed by atoms with Crippen LogP contribution in [0.15, 0.2) is 12.4 Å². The van der Waals surface area contributed by atoms with Crippen molar-refractivity contribution in [2.45, 2.75) is 42.4 Å². The molecular weight excluding hydrogens is 321 g/mol. The van der Waals surface area contributed by atoms with Crippen LogP contribution in [-0.2, 0) is 16.0 Å². The van der Waals surface area contributed by atoms with Crippen molar-refractivity contribution in [3.05, 3.63) is 23.8 Å². The van der Waals surface area contributed by atoms with Gasteiger partial charge in [-0.3, -0.25) is 4.79 Å². The number of halogens is 3. The molecule has 0 radical (unpaired) electrons. The molecule has 0 amide bonds. The number of sulfone groups is 1.